The molecule has 0 aromatic carbocycles. The molecule has 0 amide bonds. The Morgan fingerprint density at radius 2 is 1.79 bits per heavy atom. The molecule has 3 nitrogen and oxygen atoms in total. The van der Waals surface area contributed by atoms with Crippen molar-refractivity contribution < 1.29 is 15.0 Å². The van der Waals surface area contributed by atoms with Gasteiger partial charge in [-0.15, -0.1) is 6.58 Å². The third-order valence-electron chi connectivity index (χ3n) is 10.2. The summed E-state index contributed by atoms with van der Waals surface area (Å²) in [5, 5.41) is 19.4. The second-order valence-corrected chi connectivity index (χ2v) is 11.1. The number of aliphatic hydroxyl groups excluding tert-OH is 1. The van der Waals surface area contributed by atoms with Crippen LogP contribution in [0.2, 0.25) is 0 Å². The van der Waals surface area contributed by atoms with Gasteiger partial charge >= 0.3 is 5.97 Å². The van der Waals surface area contributed by atoms with Gasteiger partial charge in [0.05, 0.1) is 6.10 Å². The fraction of sp³-hybridized carbons (Fsp3) is 0.880. The number of hydrogen-bond acceptors (Lipinski definition) is 2. The molecule has 2 N–H and O–H groups in total. The van der Waals surface area contributed by atoms with E-state index in [0.717, 1.165) is 42.9 Å². The average molecular weight is 389 g/mol. The maximum absolute atomic E-state index is 11.1. The molecule has 4 rings (SSSR count). The van der Waals surface area contributed by atoms with Crippen molar-refractivity contribution in [3.63, 3.8) is 0 Å². The van der Waals surface area contributed by atoms with E-state index >= 15 is 0 Å². The lowest BCUT2D eigenvalue weighted by Crippen LogP contribution is -2.54. The molecule has 0 aromatic rings. The predicted molar refractivity (Wildman–Crippen MR) is 112 cm³/mol. The van der Waals surface area contributed by atoms with E-state index in [9.17, 15) is 9.90 Å². The van der Waals surface area contributed by atoms with Crippen molar-refractivity contribution >= 4 is 5.97 Å². The molecule has 28 heavy (non-hydrogen) atoms. The Hall–Kier alpha value is -0.830. The SMILES string of the molecule is C=CC(CCC(=O)O)C1CCC2C3CCC4CC(O)CCC4(C)C3CCC12C. The summed E-state index contributed by atoms with van der Waals surface area (Å²) in [4.78, 5) is 11.1. The van der Waals surface area contributed by atoms with Gasteiger partial charge in [0.25, 0.3) is 0 Å². The van der Waals surface area contributed by atoms with Gasteiger partial charge in [0, 0.05) is 6.42 Å². The van der Waals surface area contributed by atoms with Crippen molar-refractivity contribution in [2.75, 3.05) is 0 Å². The molecule has 0 aliphatic heterocycles. The van der Waals surface area contributed by atoms with Crippen LogP contribution in [0.15, 0.2) is 12.7 Å². The maximum atomic E-state index is 11.1. The summed E-state index contributed by atoms with van der Waals surface area (Å²) in [6.45, 7) is 9.17. The van der Waals surface area contributed by atoms with Crippen molar-refractivity contribution in [2.45, 2.75) is 90.6 Å². The van der Waals surface area contributed by atoms with Crippen LogP contribution >= 0.6 is 0 Å². The summed E-state index contributed by atoms with van der Waals surface area (Å²) in [6, 6.07) is 0. The highest BCUT2D eigenvalue weighted by Gasteiger charge is 2.60. The van der Waals surface area contributed by atoms with Crippen LogP contribution in [0.1, 0.15) is 84.5 Å². The Bertz CT molecular complexity index is 615. The monoisotopic (exact) mass is 388 g/mol. The summed E-state index contributed by atoms with van der Waals surface area (Å²) < 4.78 is 0. The number of hydrogen-bond donors (Lipinski definition) is 2. The van der Waals surface area contributed by atoms with Crippen molar-refractivity contribution in [1.82, 2.24) is 0 Å². The highest BCUT2D eigenvalue weighted by molar-refractivity contribution is 5.66. The van der Waals surface area contributed by atoms with E-state index in [1.807, 2.05) is 0 Å². The van der Waals surface area contributed by atoms with E-state index in [0.29, 0.717) is 22.7 Å². The summed E-state index contributed by atoms with van der Waals surface area (Å²) in [5.74, 6) is 3.46. The van der Waals surface area contributed by atoms with E-state index in [1.54, 1.807) is 0 Å². The number of fused-ring (bicyclic) bond motifs is 5. The van der Waals surface area contributed by atoms with E-state index in [4.69, 9.17) is 5.11 Å². The number of rotatable bonds is 5. The fourth-order valence-corrected chi connectivity index (χ4v) is 8.75. The standard InChI is InChI=1S/C25H40O3/c1-4-16(5-10-23(27)28)20-8-9-21-19-7-6-17-15-18(26)11-13-24(17,2)22(19)12-14-25(20,21)3/h4,16-22,26H,1,5-15H2,2-3H3,(H,27,28). The number of aliphatic carboxylic acids is 1. The van der Waals surface area contributed by atoms with Crippen LogP contribution in [0.3, 0.4) is 0 Å². The molecule has 0 aromatic heterocycles. The normalized spacial score (nSPS) is 48.8. The molecule has 9 atom stereocenters. The molecule has 4 aliphatic carbocycles. The number of aliphatic hydroxyl groups is 1. The molecule has 4 saturated carbocycles. The Morgan fingerprint density at radius 3 is 2.50 bits per heavy atom. The van der Waals surface area contributed by atoms with Gasteiger partial charge in [0.2, 0.25) is 0 Å². The Balaban J connectivity index is 1.53. The maximum Gasteiger partial charge on any atom is 0.303 e. The van der Waals surface area contributed by atoms with Gasteiger partial charge in [-0.2, -0.15) is 0 Å². The van der Waals surface area contributed by atoms with Gasteiger partial charge in [-0.1, -0.05) is 19.9 Å². The molecule has 0 radical (unpaired) electrons. The Labute approximate surface area is 171 Å². The lowest BCUT2D eigenvalue weighted by Gasteiger charge is -2.61. The van der Waals surface area contributed by atoms with Crippen LogP contribution in [0.25, 0.3) is 0 Å². The highest BCUT2D eigenvalue weighted by Crippen LogP contribution is 2.68. The molecule has 0 heterocycles. The van der Waals surface area contributed by atoms with Crippen LogP contribution in [-0.4, -0.2) is 22.3 Å². The molecular weight excluding hydrogens is 348 g/mol. The smallest absolute Gasteiger partial charge is 0.303 e. The third kappa shape index (κ3) is 3.16. The van der Waals surface area contributed by atoms with Gasteiger partial charge in [-0.25, -0.2) is 0 Å². The zero-order valence-electron chi connectivity index (χ0n) is 17.9. The molecule has 4 aliphatic rings. The third-order valence-corrected chi connectivity index (χ3v) is 10.2. The van der Waals surface area contributed by atoms with E-state index < -0.39 is 5.97 Å². The quantitative estimate of drug-likeness (QED) is 0.596. The summed E-state index contributed by atoms with van der Waals surface area (Å²) in [7, 11) is 0. The van der Waals surface area contributed by atoms with E-state index in [1.165, 1.54) is 44.9 Å². The minimum Gasteiger partial charge on any atom is -0.481 e. The van der Waals surface area contributed by atoms with Crippen molar-refractivity contribution in [3.05, 3.63) is 12.7 Å². The molecule has 3 heteroatoms. The molecule has 0 spiro atoms. The van der Waals surface area contributed by atoms with Crippen molar-refractivity contribution in [2.24, 2.45) is 46.3 Å². The van der Waals surface area contributed by atoms with Crippen LogP contribution in [0.5, 0.6) is 0 Å². The van der Waals surface area contributed by atoms with E-state index in [2.05, 4.69) is 26.5 Å². The Kier molecular flexibility index (Phi) is 5.44. The van der Waals surface area contributed by atoms with Gasteiger partial charge in [-0.05, 0) is 111 Å². The van der Waals surface area contributed by atoms with Crippen molar-refractivity contribution in [1.29, 1.82) is 0 Å². The largest absolute Gasteiger partial charge is 0.481 e. The zero-order valence-corrected chi connectivity index (χ0v) is 17.9. The summed E-state index contributed by atoms with van der Waals surface area (Å²) in [6.07, 6.45) is 14.1. The summed E-state index contributed by atoms with van der Waals surface area (Å²) in [5.41, 5.74) is 0.790. The Morgan fingerprint density at radius 1 is 1.07 bits per heavy atom. The van der Waals surface area contributed by atoms with Gasteiger partial charge in [0.15, 0.2) is 0 Å². The minimum absolute atomic E-state index is 0.0677. The predicted octanol–water partition coefficient (Wildman–Crippen LogP) is 5.67. The van der Waals surface area contributed by atoms with Gasteiger partial charge < -0.3 is 10.2 Å². The van der Waals surface area contributed by atoms with Crippen LogP contribution < -0.4 is 0 Å². The molecule has 158 valence electrons. The van der Waals surface area contributed by atoms with Crippen LogP contribution in [-0.2, 0) is 4.79 Å². The number of carboxylic acid groups (broad SMARTS) is 1. The first-order valence-electron chi connectivity index (χ1n) is 11.8. The lowest BCUT2D eigenvalue weighted by molar-refractivity contribution is -0.138. The first-order chi connectivity index (χ1) is 13.3. The minimum atomic E-state index is -0.680. The highest BCUT2D eigenvalue weighted by atomic mass is 16.4. The first kappa shape index (κ1) is 20.4. The van der Waals surface area contributed by atoms with Crippen LogP contribution in [0, 0.1) is 46.3 Å². The zero-order chi connectivity index (χ0) is 20.1. The van der Waals surface area contributed by atoms with E-state index in [-0.39, 0.29) is 12.5 Å². The summed E-state index contributed by atoms with van der Waals surface area (Å²) >= 11 is 0. The molecule has 9 unspecified atom stereocenters. The number of carboxylic acids is 1. The van der Waals surface area contributed by atoms with Crippen LogP contribution in [0.4, 0.5) is 0 Å². The second kappa shape index (κ2) is 7.45. The van der Waals surface area contributed by atoms with Gasteiger partial charge in [-0.3, -0.25) is 4.79 Å². The molecule has 0 saturated heterocycles. The fourth-order valence-electron chi connectivity index (χ4n) is 8.75. The van der Waals surface area contributed by atoms with Gasteiger partial charge in [0.1, 0.15) is 0 Å². The first-order valence-corrected chi connectivity index (χ1v) is 11.8. The van der Waals surface area contributed by atoms with Crippen molar-refractivity contribution in [3.8, 4) is 0 Å². The molecule has 0 bridgehead atoms. The molecular formula is C25H40O3. The molecule has 4 fully saturated rings. The second-order valence-electron chi connectivity index (χ2n) is 11.1. The topological polar surface area (TPSA) is 57.5 Å². The average Bonchev–Trinajstić information content (AvgIpc) is 3.00. The number of allylic oxidation sites excluding steroid dienone is 1. The number of carbonyl (C=O) groups is 1. The lowest BCUT2D eigenvalue weighted by atomic mass is 9.44.